The molecule has 3 nitrogen and oxygen atoms in total. The van der Waals surface area contributed by atoms with Crippen LogP contribution < -0.4 is 5.32 Å². The van der Waals surface area contributed by atoms with Crippen molar-refractivity contribution in [2.75, 3.05) is 5.32 Å². The van der Waals surface area contributed by atoms with Crippen LogP contribution in [0.2, 0.25) is 0 Å². The molecule has 1 amide bonds. The van der Waals surface area contributed by atoms with E-state index in [0.717, 1.165) is 18.5 Å². The molecule has 0 radical (unpaired) electrons. The summed E-state index contributed by atoms with van der Waals surface area (Å²) in [5.74, 6) is -0.0197. The maximum Gasteiger partial charge on any atom is 0.221 e. The Morgan fingerprint density at radius 3 is 2.94 bits per heavy atom. The van der Waals surface area contributed by atoms with Crippen molar-refractivity contribution >= 4 is 22.5 Å². The van der Waals surface area contributed by atoms with Gasteiger partial charge in [-0.25, -0.2) is 0 Å². The summed E-state index contributed by atoms with van der Waals surface area (Å²) in [4.78, 5) is 14.5. The van der Waals surface area contributed by atoms with E-state index >= 15 is 0 Å². The minimum Gasteiger partial charge on any atom is -0.358 e. The van der Waals surface area contributed by atoms with Crippen molar-refractivity contribution in [2.45, 2.75) is 32.6 Å². The Morgan fingerprint density at radius 2 is 2.12 bits per heavy atom. The SMILES string of the molecule is CC(=O)Nc1ccc2[nH]c3c(c2c1)CCCC3. The topological polar surface area (TPSA) is 44.9 Å². The molecule has 0 aliphatic heterocycles. The van der Waals surface area contributed by atoms with Crippen molar-refractivity contribution in [1.29, 1.82) is 0 Å². The molecule has 0 bridgehead atoms. The lowest BCUT2D eigenvalue weighted by Crippen LogP contribution is -2.05. The Bertz CT molecular complexity index is 583. The second kappa shape index (κ2) is 3.91. The Morgan fingerprint density at radius 1 is 1.29 bits per heavy atom. The number of aromatic nitrogens is 1. The Labute approximate surface area is 100 Å². The van der Waals surface area contributed by atoms with Crippen LogP contribution in [0.3, 0.4) is 0 Å². The molecule has 3 rings (SSSR count). The smallest absolute Gasteiger partial charge is 0.221 e. The average molecular weight is 228 g/mol. The number of anilines is 1. The fourth-order valence-electron chi connectivity index (χ4n) is 2.69. The van der Waals surface area contributed by atoms with E-state index < -0.39 is 0 Å². The normalized spacial score (nSPS) is 14.6. The third-order valence-corrected chi connectivity index (χ3v) is 3.42. The zero-order valence-electron chi connectivity index (χ0n) is 9.97. The molecule has 0 saturated carbocycles. The molecule has 0 unspecified atom stereocenters. The molecule has 0 saturated heterocycles. The van der Waals surface area contributed by atoms with Gasteiger partial charge in [-0.3, -0.25) is 4.79 Å². The molecule has 0 spiro atoms. The number of carbonyl (C=O) groups is 1. The number of H-pyrrole nitrogens is 1. The molecular formula is C14H16N2O. The second-order valence-corrected chi connectivity index (χ2v) is 4.73. The van der Waals surface area contributed by atoms with Gasteiger partial charge in [0.2, 0.25) is 5.91 Å². The third kappa shape index (κ3) is 1.82. The van der Waals surface area contributed by atoms with Crippen LogP contribution in [0.4, 0.5) is 5.69 Å². The van der Waals surface area contributed by atoms with E-state index in [9.17, 15) is 4.79 Å². The van der Waals surface area contributed by atoms with Crippen molar-refractivity contribution < 1.29 is 4.79 Å². The van der Waals surface area contributed by atoms with Crippen molar-refractivity contribution in [3.05, 3.63) is 29.5 Å². The van der Waals surface area contributed by atoms with Gasteiger partial charge < -0.3 is 10.3 Å². The number of hydrogen-bond donors (Lipinski definition) is 2. The molecule has 2 N–H and O–H groups in total. The first-order valence-electron chi connectivity index (χ1n) is 6.15. The monoisotopic (exact) mass is 228 g/mol. The maximum atomic E-state index is 11.1. The first-order chi connectivity index (χ1) is 8.24. The van der Waals surface area contributed by atoms with E-state index in [2.05, 4.69) is 22.4 Å². The predicted molar refractivity (Wildman–Crippen MR) is 69.2 cm³/mol. The van der Waals surface area contributed by atoms with Gasteiger partial charge in [-0.1, -0.05) is 0 Å². The summed E-state index contributed by atoms with van der Waals surface area (Å²) in [5, 5.41) is 4.11. The van der Waals surface area contributed by atoms with Gasteiger partial charge in [-0.2, -0.15) is 0 Å². The largest absolute Gasteiger partial charge is 0.358 e. The lowest BCUT2D eigenvalue weighted by atomic mass is 9.95. The number of hydrogen-bond acceptors (Lipinski definition) is 1. The maximum absolute atomic E-state index is 11.1. The van der Waals surface area contributed by atoms with Gasteiger partial charge in [-0.05, 0) is 49.4 Å². The number of nitrogens with one attached hydrogen (secondary N) is 2. The Kier molecular flexibility index (Phi) is 2.39. The molecular weight excluding hydrogens is 212 g/mol. The number of carbonyl (C=O) groups excluding carboxylic acids is 1. The number of rotatable bonds is 1. The number of aryl methyl sites for hydroxylation is 2. The van der Waals surface area contributed by atoms with Crippen LogP contribution in [-0.4, -0.2) is 10.9 Å². The molecule has 0 fully saturated rings. The minimum atomic E-state index is -0.0197. The zero-order chi connectivity index (χ0) is 11.8. The van der Waals surface area contributed by atoms with Crippen LogP contribution in [0.15, 0.2) is 18.2 Å². The molecule has 1 aromatic carbocycles. The third-order valence-electron chi connectivity index (χ3n) is 3.42. The first kappa shape index (κ1) is 10.4. The van der Waals surface area contributed by atoms with Crippen molar-refractivity contribution in [2.24, 2.45) is 0 Å². The van der Waals surface area contributed by atoms with E-state index in [4.69, 9.17) is 0 Å². The van der Waals surface area contributed by atoms with Gasteiger partial charge >= 0.3 is 0 Å². The van der Waals surface area contributed by atoms with Crippen LogP contribution in [0, 0.1) is 0 Å². The van der Waals surface area contributed by atoms with Gasteiger partial charge in [0.05, 0.1) is 0 Å². The van der Waals surface area contributed by atoms with Crippen LogP contribution in [0.25, 0.3) is 10.9 Å². The number of amides is 1. The minimum absolute atomic E-state index is 0.0197. The molecule has 2 aromatic rings. The van der Waals surface area contributed by atoms with Crippen molar-refractivity contribution in [3.8, 4) is 0 Å². The fraction of sp³-hybridized carbons (Fsp3) is 0.357. The van der Waals surface area contributed by atoms with Crippen molar-refractivity contribution in [3.63, 3.8) is 0 Å². The first-order valence-corrected chi connectivity index (χ1v) is 6.15. The Balaban J connectivity index is 2.11. The molecule has 1 aromatic heterocycles. The summed E-state index contributed by atoms with van der Waals surface area (Å²) in [7, 11) is 0. The molecule has 1 aliphatic carbocycles. The summed E-state index contributed by atoms with van der Waals surface area (Å²) in [5.41, 5.74) is 4.90. The molecule has 3 heteroatoms. The number of benzene rings is 1. The summed E-state index contributed by atoms with van der Waals surface area (Å²) in [6, 6.07) is 6.09. The molecule has 0 atom stereocenters. The van der Waals surface area contributed by atoms with Gasteiger partial charge in [0.15, 0.2) is 0 Å². The predicted octanol–water partition coefficient (Wildman–Crippen LogP) is 3.01. The van der Waals surface area contributed by atoms with Crippen LogP contribution >= 0.6 is 0 Å². The molecule has 1 aliphatic rings. The second-order valence-electron chi connectivity index (χ2n) is 4.73. The highest BCUT2D eigenvalue weighted by molar-refractivity contribution is 5.94. The van der Waals surface area contributed by atoms with E-state index in [1.807, 2.05) is 6.07 Å². The summed E-state index contributed by atoms with van der Waals surface area (Å²) in [6.07, 6.45) is 4.85. The van der Waals surface area contributed by atoms with E-state index in [-0.39, 0.29) is 5.91 Å². The lowest BCUT2D eigenvalue weighted by molar-refractivity contribution is -0.114. The summed E-state index contributed by atoms with van der Waals surface area (Å²) < 4.78 is 0. The van der Waals surface area contributed by atoms with E-state index in [0.29, 0.717) is 0 Å². The van der Waals surface area contributed by atoms with Crippen LogP contribution in [0.5, 0.6) is 0 Å². The van der Waals surface area contributed by atoms with Crippen LogP contribution in [-0.2, 0) is 17.6 Å². The highest BCUT2D eigenvalue weighted by Crippen LogP contribution is 2.30. The fourth-order valence-corrected chi connectivity index (χ4v) is 2.69. The molecule has 17 heavy (non-hydrogen) atoms. The van der Waals surface area contributed by atoms with Gasteiger partial charge in [0, 0.05) is 29.2 Å². The zero-order valence-corrected chi connectivity index (χ0v) is 9.97. The number of fused-ring (bicyclic) bond motifs is 3. The molecule has 88 valence electrons. The highest BCUT2D eigenvalue weighted by Gasteiger charge is 2.15. The molecule has 1 heterocycles. The van der Waals surface area contributed by atoms with Gasteiger partial charge in [-0.15, -0.1) is 0 Å². The van der Waals surface area contributed by atoms with E-state index in [1.54, 1.807) is 0 Å². The van der Waals surface area contributed by atoms with Gasteiger partial charge in [0.1, 0.15) is 0 Å². The van der Waals surface area contributed by atoms with E-state index in [1.165, 1.54) is 41.9 Å². The van der Waals surface area contributed by atoms with Gasteiger partial charge in [0.25, 0.3) is 0 Å². The summed E-state index contributed by atoms with van der Waals surface area (Å²) >= 11 is 0. The Hall–Kier alpha value is -1.77. The summed E-state index contributed by atoms with van der Waals surface area (Å²) in [6.45, 7) is 1.54. The highest BCUT2D eigenvalue weighted by atomic mass is 16.1. The average Bonchev–Trinajstić information content (AvgIpc) is 2.66. The standard InChI is InChI=1S/C14H16N2O/c1-9(17)15-10-6-7-14-12(8-10)11-4-2-3-5-13(11)16-14/h6-8,16H,2-5H2,1H3,(H,15,17). The van der Waals surface area contributed by atoms with Crippen molar-refractivity contribution in [1.82, 2.24) is 4.98 Å². The number of aromatic amines is 1. The van der Waals surface area contributed by atoms with Crippen LogP contribution in [0.1, 0.15) is 31.0 Å². The lowest BCUT2D eigenvalue weighted by Gasteiger charge is -2.10. The quantitative estimate of drug-likeness (QED) is 0.774.